The van der Waals surface area contributed by atoms with Gasteiger partial charge in [-0.15, -0.1) is 0 Å². The maximum absolute atomic E-state index is 12.0. The quantitative estimate of drug-likeness (QED) is 0.720. The van der Waals surface area contributed by atoms with Gasteiger partial charge < -0.3 is 0 Å². The molecule has 0 heterocycles. The third-order valence-corrected chi connectivity index (χ3v) is 5.84. The van der Waals surface area contributed by atoms with E-state index in [9.17, 15) is 16.8 Å². The van der Waals surface area contributed by atoms with Crippen LogP contribution in [-0.2, 0) is 20.0 Å². The molecule has 1 aromatic carbocycles. The summed E-state index contributed by atoms with van der Waals surface area (Å²) in [6.07, 6.45) is 0. The van der Waals surface area contributed by atoms with E-state index < -0.39 is 20.0 Å². The average molecular weight is 341 g/mol. The van der Waals surface area contributed by atoms with Crippen molar-refractivity contribution in [2.75, 3.05) is 18.8 Å². The molecule has 0 aliphatic rings. The maximum atomic E-state index is 12.0. The average Bonchev–Trinajstić information content (AvgIpc) is 2.34. The Morgan fingerprint density at radius 3 is 2.25 bits per heavy atom. The van der Waals surface area contributed by atoms with Gasteiger partial charge in [-0.1, -0.05) is 17.7 Å². The Bertz CT molecular complexity index is 672. The van der Waals surface area contributed by atoms with E-state index in [4.69, 9.17) is 11.6 Å². The number of sulfonamides is 2. The van der Waals surface area contributed by atoms with Crippen molar-refractivity contribution < 1.29 is 16.8 Å². The first-order chi connectivity index (χ1) is 9.18. The van der Waals surface area contributed by atoms with Gasteiger partial charge in [-0.25, -0.2) is 26.3 Å². The van der Waals surface area contributed by atoms with Crippen LogP contribution in [0.1, 0.15) is 12.5 Å². The molecule has 0 aliphatic heterocycles. The number of benzene rings is 1. The van der Waals surface area contributed by atoms with Crippen molar-refractivity contribution in [3.8, 4) is 0 Å². The van der Waals surface area contributed by atoms with Crippen LogP contribution in [0.15, 0.2) is 23.1 Å². The lowest BCUT2D eigenvalue weighted by molar-refractivity contribution is 0.571. The van der Waals surface area contributed by atoms with Crippen LogP contribution in [0, 0.1) is 6.92 Å². The molecule has 0 unspecified atom stereocenters. The molecule has 20 heavy (non-hydrogen) atoms. The Labute approximate surface area is 124 Å². The second-order valence-electron chi connectivity index (χ2n) is 4.13. The number of nitrogens with one attached hydrogen (secondary N) is 2. The highest BCUT2D eigenvalue weighted by atomic mass is 35.5. The fourth-order valence-electron chi connectivity index (χ4n) is 1.40. The normalized spacial score (nSPS) is 12.6. The molecule has 0 radical (unpaired) electrons. The highest BCUT2D eigenvalue weighted by Gasteiger charge is 2.17. The van der Waals surface area contributed by atoms with E-state index >= 15 is 0 Å². The van der Waals surface area contributed by atoms with Gasteiger partial charge >= 0.3 is 0 Å². The van der Waals surface area contributed by atoms with Crippen LogP contribution >= 0.6 is 11.6 Å². The van der Waals surface area contributed by atoms with Crippen molar-refractivity contribution in [3.05, 3.63) is 28.8 Å². The molecule has 0 aromatic heterocycles. The van der Waals surface area contributed by atoms with Gasteiger partial charge in [0.2, 0.25) is 20.0 Å². The van der Waals surface area contributed by atoms with Gasteiger partial charge in [0.05, 0.1) is 10.8 Å². The van der Waals surface area contributed by atoms with E-state index in [0.29, 0.717) is 0 Å². The molecule has 0 saturated carbocycles. The Balaban J connectivity index is 2.67. The molecule has 1 aromatic rings. The molecule has 0 fully saturated rings. The van der Waals surface area contributed by atoms with E-state index in [1.807, 2.05) is 0 Å². The van der Waals surface area contributed by atoms with Crippen LogP contribution in [0.2, 0.25) is 5.02 Å². The summed E-state index contributed by atoms with van der Waals surface area (Å²) < 4.78 is 50.9. The third kappa shape index (κ3) is 5.02. The molecule has 2 N–H and O–H groups in total. The van der Waals surface area contributed by atoms with E-state index in [1.165, 1.54) is 13.0 Å². The minimum Gasteiger partial charge on any atom is -0.214 e. The maximum Gasteiger partial charge on any atom is 0.242 e. The van der Waals surface area contributed by atoms with Crippen LogP contribution in [-0.4, -0.2) is 35.7 Å². The number of halogens is 1. The van der Waals surface area contributed by atoms with Gasteiger partial charge in [0.25, 0.3) is 0 Å². The molecule has 9 heteroatoms. The van der Waals surface area contributed by atoms with Crippen LogP contribution < -0.4 is 9.44 Å². The smallest absolute Gasteiger partial charge is 0.214 e. The largest absolute Gasteiger partial charge is 0.242 e. The Morgan fingerprint density at radius 1 is 1.10 bits per heavy atom. The first kappa shape index (κ1) is 17.4. The van der Waals surface area contributed by atoms with Gasteiger partial charge in [0, 0.05) is 13.1 Å². The summed E-state index contributed by atoms with van der Waals surface area (Å²) in [4.78, 5) is -0.0249. The zero-order valence-electron chi connectivity index (χ0n) is 11.2. The van der Waals surface area contributed by atoms with Crippen molar-refractivity contribution in [3.63, 3.8) is 0 Å². The summed E-state index contributed by atoms with van der Waals surface area (Å²) in [6.45, 7) is 3.23. The Morgan fingerprint density at radius 2 is 1.70 bits per heavy atom. The SMILES string of the molecule is CCS(=O)(=O)NCCNS(=O)(=O)c1ccc(C)cc1Cl. The third-order valence-electron chi connectivity index (χ3n) is 2.50. The van der Waals surface area contributed by atoms with Crippen molar-refractivity contribution >= 4 is 31.6 Å². The molecule has 0 amide bonds. The standard InChI is InChI=1S/C11H17ClN2O4S2/c1-3-19(15,16)13-6-7-14-20(17,18)11-5-4-9(2)8-10(11)12/h4-5,8,13-14H,3,6-7H2,1-2H3. The lowest BCUT2D eigenvalue weighted by Gasteiger charge is -2.09. The predicted molar refractivity (Wildman–Crippen MR) is 78.8 cm³/mol. The summed E-state index contributed by atoms with van der Waals surface area (Å²) >= 11 is 5.89. The molecule has 6 nitrogen and oxygen atoms in total. The van der Waals surface area contributed by atoms with E-state index in [2.05, 4.69) is 9.44 Å². The van der Waals surface area contributed by atoms with Crippen molar-refractivity contribution in [2.24, 2.45) is 0 Å². The Hall–Kier alpha value is -0.670. The zero-order valence-corrected chi connectivity index (χ0v) is 13.6. The van der Waals surface area contributed by atoms with E-state index in [-0.39, 0.29) is 28.8 Å². The van der Waals surface area contributed by atoms with Gasteiger partial charge in [-0.05, 0) is 31.5 Å². The van der Waals surface area contributed by atoms with Crippen molar-refractivity contribution in [1.29, 1.82) is 0 Å². The molecule has 0 aliphatic carbocycles. The molecular weight excluding hydrogens is 324 g/mol. The number of rotatable bonds is 7. The van der Waals surface area contributed by atoms with Gasteiger partial charge in [-0.2, -0.15) is 0 Å². The second kappa shape index (κ2) is 6.86. The topological polar surface area (TPSA) is 92.3 Å². The first-order valence-corrected chi connectivity index (χ1v) is 9.42. The van der Waals surface area contributed by atoms with Crippen molar-refractivity contribution in [1.82, 2.24) is 9.44 Å². The minimum absolute atomic E-state index is 0.0150. The molecule has 0 bridgehead atoms. The summed E-state index contributed by atoms with van der Waals surface area (Å²) in [7, 11) is -7.08. The fraction of sp³-hybridized carbons (Fsp3) is 0.455. The zero-order chi connectivity index (χ0) is 15.4. The van der Waals surface area contributed by atoms with Crippen LogP contribution in [0.25, 0.3) is 0 Å². The highest BCUT2D eigenvalue weighted by molar-refractivity contribution is 7.89. The van der Waals surface area contributed by atoms with Gasteiger partial charge in [-0.3, -0.25) is 0 Å². The van der Waals surface area contributed by atoms with Gasteiger partial charge in [0.1, 0.15) is 4.90 Å². The molecule has 0 spiro atoms. The van der Waals surface area contributed by atoms with Crippen LogP contribution in [0.5, 0.6) is 0 Å². The molecule has 1 rings (SSSR count). The molecule has 0 atom stereocenters. The second-order valence-corrected chi connectivity index (χ2v) is 8.37. The lowest BCUT2D eigenvalue weighted by atomic mass is 10.2. The summed E-state index contributed by atoms with van der Waals surface area (Å²) in [5, 5.41) is 0.131. The van der Waals surface area contributed by atoms with E-state index in [0.717, 1.165) is 5.56 Å². The molecule has 114 valence electrons. The highest BCUT2D eigenvalue weighted by Crippen LogP contribution is 2.21. The van der Waals surface area contributed by atoms with Crippen LogP contribution in [0.4, 0.5) is 0 Å². The lowest BCUT2D eigenvalue weighted by Crippen LogP contribution is -2.35. The number of hydrogen-bond acceptors (Lipinski definition) is 4. The van der Waals surface area contributed by atoms with Crippen LogP contribution in [0.3, 0.4) is 0 Å². The first-order valence-electron chi connectivity index (χ1n) is 5.91. The fourth-order valence-corrected chi connectivity index (χ4v) is 3.64. The number of hydrogen-bond donors (Lipinski definition) is 2. The number of aryl methyl sites for hydroxylation is 1. The summed E-state index contributed by atoms with van der Waals surface area (Å²) in [6, 6.07) is 4.60. The summed E-state index contributed by atoms with van der Waals surface area (Å²) in [5.41, 5.74) is 0.852. The monoisotopic (exact) mass is 340 g/mol. The van der Waals surface area contributed by atoms with Crippen molar-refractivity contribution in [2.45, 2.75) is 18.7 Å². The minimum atomic E-state index is -3.75. The predicted octanol–water partition coefficient (Wildman–Crippen LogP) is 0.866. The molecular formula is C11H17ClN2O4S2. The van der Waals surface area contributed by atoms with E-state index in [1.54, 1.807) is 19.1 Å². The summed E-state index contributed by atoms with van der Waals surface area (Å²) in [5.74, 6) is -0.0520. The molecule has 0 saturated heterocycles. The van der Waals surface area contributed by atoms with Gasteiger partial charge in [0.15, 0.2) is 0 Å². The Kier molecular flexibility index (Phi) is 5.96.